The average molecular weight is 411 g/mol. The Labute approximate surface area is 182 Å². The van der Waals surface area contributed by atoms with E-state index >= 15 is 0 Å². The van der Waals surface area contributed by atoms with Gasteiger partial charge in [0.25, 0.3) is 0 Å². The van der Waals surface area contributed by atoms with E-state index in [0.29, 0.717) is 6.61 Å². The molecular formula is C27H26N2O2. The van der Waals surface area contributed by atoms with Gasteiger partial charge in [0.15, 0.2) is 0 Å². The standard InChI is InChI=1S/C27H26N2O2/c30-27(29-25-13-12-22-10-4-5-11-23(22)19-25)20-28-24-14-16-26(17-15-24)31-18-6-9-21-7-2-1-3-8-21/h1-5,7-8,10-17,19,28H,6,9,18,20H2,(H,29,30). The number of carbonyl (C=O) groups excluding carboxylic acids is 1. The highest BCUT2D eigenvalue weighted by Crippen LogP contribution is 2.19. The molecule has 4 rings (SSSR count). The van der Waals surface area contributed by atoms with E-state index in [-0.39, 0.29) is 12.5 Å². The smallest absolute Gasteiger partial charge is 0.243 e. The normalized spacial score (nSPS) is 10.6. The van der Waals surface area contributed by atoms with Gasteiger partial charge in [0.2, 0.25) is 5.91 Å². The average Bonchev–Trinajstić information content (AvgIpc) is 2.82. The van der Waals surface area contributed by atoms with Crippen LogP contribution in [0, 0.1) is 0 Å². The Morgan fingerprint density at radius 1 is 0.742 bits per heavy atom. The van der Waals surface area contributed by atoms with Crippen molar-refractivity contribution in [3.63, 3.8) is 0 Å². The molecular weight excluding hydrogens is 384 g/mol. The molecule has 0 unspecified atom stereocenters. The van der Waals surface area contributed by atoms with Gasteiger partial charge in [-0.05, 0) is 65.6 Å². The van der Waals surface area contributed by atoms with Crippen molar-refractivity contribution in [2.45, 2.75) is 12.8 Å². The molecule has 156 valence electrons. The molecule has 0 aliphatic carbocycles. The summed E-state index contributed by atoms with van der Waals surface area (Å²) < 4.78 is 5.82. The van der Waals surface area contributed by atoms with Crippen LogP contribution in [0.5, 0.6) is 5.75 Å². The van der Waals surface area contributed by atoms with E-state index in [2.05, 4.69) is 41.0 Å². The van der Waals surface area contributed by atoms with Gasteiger partial charge in [0.1, 0.15) is 5.75 Å². The number of nitrogens with one attached hydrogen (secondary N) is 2. The van der Waals surface area contributed by atoms with Crippen molar-refractivity contribution in [1.29, 1.82) is 0 Å². The lowest BCUT2D eigenvalue weighted by molar-refractivity contribution is -0.114. The number of ether oxygens (including phenoxy) is 1. The van der Waals surface area contributed by atoms with Crippen LogP contribution in [0.3, 0.4) is 0 Å². The van der Waals surface area contributed by atoms with Gasteiger partial charge < -0.3 is 15.4 Å². The van der Waals surface area contributed by atoms with Gasteiger partial charge >= 0.3 is 0 Å². The predicted octanol–water partition coefficient (Wildman–Crippen LogP) is 5.90. The molecule has 0 fully saturated rings. The lowest BCUT2D eigenvalue weighted by Crippen LogP contribution is -2.21. The minimum atomic E-state index is -0.0866. The summed E-state index contributed by atoms with van der Waals surface area (Å²) in [5.74, 6) is 0.746. The van der Waals surface area contributed by atoms with Gasteiger partial charge in [-0.25, -0.2) is 0 Å². The van der Waals surface area contributed by atoms with Gasteiger partial charge in [0.05, 0.1) is 13.2 Å². The molecule has 2 N–H and O–H groups in total. The maximum Gasteiger partial charge on any atom is 0.243 e. The molecule has 4 nitrogen and oxygen atoms in total. The third kappa shape index (κ3) is 6.09. The summed E-state index contributed by atoms with van der Waals surface area (Å²) >= 11 is 0. The molecule has 0 saturated carbocycles. The molecule has 0 aliphatic heterocycles. The zero-order valence-electron chi connectivity index (χ0n) is 17.4. The molecule has 0 atom stereocenters. The second-order valence-electron chi connectivity index (χ2n) is 7.43. The van der Waals surface area contributed by atoms with Crippen LogP contribution in [0.2, 0.25) is 0 Å². The third-order valence-electron chi connectivity index (χ3n) is 5.06. The molecule has 31 heavy (non-hydrogen) atoms. The number of benzene rings is 4. The van der Waals surface area contributed by atoms with Crippen LogP contribution in [0.4, 0.5) is 11.4 Å². The molecule has 4 heteroatoms. The number of hydrogen-bond donors (Lipinski definition) is 2. The number of rotatable bonds is 9. The van der Waals surface area contributed by atoms with Crippen molar-refractivity contribution < 1.29 is 9.53 Å². The first kappa shape index (κ1) is 20.5. The van der Waals surface area contributed by atoms with Crippen molar-refractivity contribution in [1.82, 2.24) is 0 Å². The van der Waals surface area contributed by atoms with Crippen LogP contribution in [-0.2, 0) is 11.2 Å². The summed E-state index contributed by atoms with van der Waals surface area (Å²) in [6.45, 7) is 0.875. The third-order valence-corrected chi connectivity index (χ3v) is 5.06. The molecule has 0 spiro atoms. The van der Waals surface area contributed by atoms with Crippen molar-refractivity contribution >= 4 is 28.1 Å². The summed E-state index contributed by atoms with van der Waals surface area (Å²) in [7, 11) is 0. The lowest BCUT2D eigenvalue weighted by Gasteiger charge is -2.10. The highest BCUT2D eigenvalue weighted by molar-refractivity contribution is 5.96. The molecule has 0 bridgehead atoms. The Hall–Kier alpha value is -3.79. The zero-order chi connectivity index (χ0) is 21.3. The van der Waals surface area contributed by atoms with Crippen LogP contribution in [-0.4, -0.2) is 19.1 Å². The van der Waals surface area contributed by atoms with Gasteiger partial charge in [-0.1, -0.05) is 60.7 Å². The van der Waals surface area contributed by atoms with Crippen molar-refractivity contribution in [2.75, 3.05) is 23.8 Å². The fourth-order valence-corrected chi connectivity index (χ4v) is 3.43. The number of fused-ring (bicyclic) bond motifs is 1. The fourth-order valence-electron chi connectivity index (χ4n) is 3.43. The minimum Gasteiger partial charge on any atom is -0.494 e. The Balaban J connectivity index is 1.20. The predicted molar refractivity (Wildman–Crippen MR) is 128 cm³/mol. The maximum atomic E-state index is 12.3. The van der Waals surface area contributed by atoms with Crippen LogP contribution in [0.1, 0.15) is 12.0 Å². The number of aryl methyl sites for hydroxylation is 1. The van der Waals surface area contributed by atoms with E-state index in [0.717, 1.165) is 40.7 Å². The van der Waals surface area contributed by atoms with Gasteiger partial charge in [-0.2, -0.15) is 0 Å². The van der Waals surface area contributed by atoms with E-state index in [9.17, 15) is 4.79 Å². The Kier molecular flexibility index (Phi) is 6.81. The topological polar surface area (TPSA) is 50.4 Å². The lowest BCUT2D eigenvalue weighted by atomic mass is 10.1. The first-order valence-electron chi connectivity index (χ1n) is 10.6. The number of amides is 1. The van der Waals surface area contributed by atoms with Gasteiger partial charge in [-0.15, -0.1) is 0 Å². The molecule has 0 aliphatic rings. The van der Waals surface area contributed by atoms with E-state index in [1.165, 1.54) is 5.56 Å². The Morgan fingerprint density at radius 3 is 2.26 bits per heavy atom. The van der Waals surface area contributed by atoms with Crippen LogP contribution < -0.4 is 15.4 Å². The van der Waals surface area contributed by atoms with Crippen molar-refractivity contribution in [3.05, 3.63) is 103 Å². The highest BCUT2D eigenvalue weighted by atomic mass is 16.5. The fraction of sp³-hybridized carbons (Fsp3) is 0.148. The van der Waals surface area contributed by atoms with E-state index in [1.54, 1.807) is 0 Å². The second kappa shape index (κ2) is 10.3. The number of carbonyl (C=O) groups is 1. The zero-order valence-corrected chi connectivity index (χ0v) is 17.4. The van der Waals surface area contributed by atoms with Crippen molar-refractivity contribution in [3.8, 4) is 5.75 Å². The highest BCUT2D eigenvalue weighted by Gasteiger charge is 2.04. The van der Waals surface area contributed by atoms with E-state index in [1.807, 2.05) is 66.7 Å². The largest absolute Gasteiger partial charge is 0.494 e. The number of anilines is 2. The summed E-state index contributed by atoms with van der Waals surface area (Å²) in [6.07, 6.45) is 1.98. The van der Waals surface area contributed by atoms with Gasteiger partial charge in [-0.3, -0.25) is 4.79 Å². The number of hydrogen-bond acceptors (Lipinski definition) is 3. The second-order valence-corrected chi connectivity index (χ2v) is 7.43. The summed E-state index contributed by atoms with van der Waals surface area (Å²) in [5.41, 5.74) is 3.00. The summed E-state index contributed by atoms with van der Waals surface area (Å²) in [4.78, 5) is 12.3. The molecule has 4 aromatic rings. The molecule has 0 radical (unpaired) electrons. The van der Waals surface area contributed by atoms with Crippen LogP contribution >= 0.6 is 0 Å². The molecule has 0 saturated heterocycles. The first-order chi connectivity index (χ1) is 15.3. The molecule has 0 aromatic heterocycles. The van der Waals surface area contributed by atoms with E-state index < -0.39 is 0 Å². The van der Waals surface area contributed by atoms with Crippen molar-refractivity contribution in [2.24, 2.45) is 0 Å². The van der Waals surface area contributed by atoms with Gasteiger partial charge in [0, 0.05) is 11.4 Å². The maximum absolute atomic E-state index is 12.3. The van der Waals surface area contributed by atoms with Crippen LogP contribution in [0.25, 0.3) is 10.8 Å². The molecule has 0 heterocycles. The first-order valence-corrected chi connectivity index (χ1v) is 10.6. The quantitative estimate of drug-likeness (QED) is 0.338. The molecule has 4 aromatic carbocycles. The van der Waals surface area contributed by atoms with E-state index in [4.69, 9.17) is 4.74 Å². The summed E-state index contributed by atoms with van der Waals surface area (Å²) in [6, 6.07) is 32.1. The SMILES string of the molecule is O=C(CNc1ccc(OCCCc2ccccc2)cc1)Nc1ccc2ccccc2c1. The monoisotopic (exact) mass is 410 g/mol. The molecule has 1 amide bonds. The Bertz CT molecular complexity index is 1120. The minimum absolute atomic E-state index is 0.0866. The summed E-state index contributed by atoms with van der Waals surface area (Å²) in [5, 5.41) is 8.35. The Morgan fingerprint density at radius 2 is 1.45 bits per heavy atom. The van der Waals surface area contributed by atoms with Crippen LogP contribution in [0.15, 0.2) is 97.1 Å².